The van der Waals surface area contributed by atoms with Gasteiger partial charge in [0.2, 0.25) is 0 Å². The Balaban J connectivity index is 2.43. The fraction of sp³-hybridized carbons (Fsp3) is 0.278. The van der Waals surface area contributed by atoms with Crippen molar-refractivity contribution >= 4 is 5.97 Å². The first-order valence-electron chi connectivity index (χ1n) is 6.76. The molecule has 2 aromatic carbocycles. The predicted octanol–water partition coefficient (Wildman–Crippen LogP) is 3.99. The Kier molecular flexibility index (Phi) is 4.23. The largest absolute Gasteiger partial charge is 0.465 e. The molecule has 0 aromatic heterocycles. The van der Waals surface area contributed by atoms with Crippen LogP contribution in [0.4, 0.5) is 0 Å². The van der Waals surface area contributed by atoms with Gasteiger partial charge in [-0.1, -0.05) is 35.9 Å². The number of aryl methyl sites for hydroxylation is 3. The lowest BCUT2D eigenvalue weighted by molar-refractivity contribution is 0.0599. The second-order valence-corrected chi connectivity index (χ2v) is 5.20. The molecule has 0 aliphatic heterocycles. The Morgan fingerprint density at radius 1 is 1.05 bits per heavy atom. The molecule has 0 atom stereocenters. The Morgan fingerprint density at radius 2 is 1.65 bits per heavy atom. The van der Waals surface area contributed by atoms with Gasteiger partial charge in [-0.2, -0.15) is 0 Å². The minimum atomic E-state index is -0.275. The molecule has 2 heteroatoms. The Labute approximate surface area is 120 Å². The number of rotatable bonds is 3. The van der Waals surface area contributed by atoms with E-state index in [4.69, 9.17) is 4.74 Å². The summed E-state index contributed by atoms with van der Waals surface area (Å²) < 4.78 is 4.86. The van der Waals surface area contributed by atoms with E-state index in [-0.39, 0.29) is 5.97 Å². The first kappa shape index (κ1) is 14.3. The van der Waals surface area contributed by atoms with Gasteiger partial charge >= 0.3 is 5.97 Å². The highest BCUT2D eigenvalue weighted by Gasteiger charge is 2.13. The van der Waals surface area contributed by atoms with Gasteiger partial charge in [0.15, 0.2) is 0 Å². The number of hydrogen-bond donors (Lipinski definition) is 0. The van der Waals surface area contributed by atoms with Crippen molar-refractivity contribution in [3.05, 3.63) is 69.8 Å². The van der Waals surface area contributed by atoms with Crippen molar-refractivity contribution in [3.63, 3.8) is 0 Å². The van der Waals surface area contributed by atoms with Crippen LogP contribution >= 0.6 is 0 Å². The zero-order valence-corrected chi connectivity index (χ0v) is 12.5. The standard InChI is InChI=1S/C18H20O2/c1-12-9-13(2)17(14(3)10-12)11-15-7-5-6-8-16(15)18(19)20-4/h5-10H,11H2,1-4H3. The lowest BCUT2D eigenvalue weighted by Crippen LogP contribution is -2.07. The number of hydrogen-bond acceptors (Lipinski definition) is 2. The highest BCUT2D eigenvalue weighted by atomic mass is 16.5. The first-order valence-corrected chi connectivity index (χ1v) is 6.76. The highest BCUT2D eigenvalue weighted by molar-refractivity contribution is 5.91. The Morgan fingerprint density at radius 3 is 2.25 bits per heavy atom. The second-order valence-electron chi connectivity index (χ2n) is 5.20. The molecule has 0 fully saturated rings. The third-order valence-corrected chi connectivity index (χ3v) is 3.63. The third-order valence-electron chi connectivity index (χ3n) is 3.63. The van der Waals surface area contributed by atoms with Crippen molar-refractivity contribution < 1.29 is 9.53 Å². The molecular weight excluding hydrogens is 248 g/mol. The smallest absolute Gasteiger partial charge is 0.338 e. The van der Waals surface area contributed by atoms with Crippen LogP contribution in [0.3, 0.4) is 0 Å². The van der Waals surface area contributed by atoms with Crippen LogP contribution in [0.15, 0.2) is 36.4 Å². The van der Waals surface area contributed by atoms with Gasteiger partial charge < -0.3 is 4.74 Å². The Hall–Kier alpha value is -2.09. The molecule has 0 bridgehead atoms. The topological polar surface area (TPSA) is 26.3 Å². The minimum absolute atomic E-state index is 0.275. The molecule has 0 aliphatic rings. The number of benzene rings is 2. The maximum Gasteiger partial charge on any atom is 0.338 e. The molecule has 0 aliphatic carbocycles. The van der Waals surface area contributed by atoms with Crippen molar-refractivity contribution in [2.24, 2.45) is 0 Å². The average Bonchev–Trinajstić information content (AvgIpc) is 2.42. The zero-order chi connectivity index (χ0) is 14.7. The SMILES string of the molecule is COC(=O)c1ccccc1Cc1c(C)cc(C)cc1C. The van der Waals surface area contributed by atoms with Crippen LogP contribution < -0.4 is 0 Å². The zero-order valence-electron chi connectivity index (χ0n) is 12.5. The summed E-state index contributed by atoms with van der Waals surface area (Å²) in [5, 5.41) is 0. The van der Waals surface area contributed by atoms with Gasteiger partial charge in [-0.15, -0.1) is 0 Å². The van der Waals surface area contributed by atoms with Crippen LogP contribution in [0, 0.1) is 20.8 Å². The van der Waals surface area contributed by atoms with Crippen LogP contribution in [-0.4, -0.2) is 13.1 Å². The number of esters is 1. The van der Waals surface area contributed by atoms with Crippen LogP contribution in [0.1, 0.15) is 38.2 Å². The second kappa shape index (κ2) is 5.91. The fourth-order valence-corrected chi connectivity index (χ4v) is 2.66. The molecule has 0 heterocycles. The summed E-state index contributed by atoms with van der Waals surface area (Å²) in [4.78, 5) is 11.8. The summed E-state index contributed by atoms with van der Waals surface area (Å²) in [5.74, 6) is -0.275. The third kappa shape index (κ3) is 2.90. The fourth-order valence-electron chi connectivity index (χ4n) is 2.66. The van der Waals surface area contributed by atoms with E-state index in [0.717, 1.165) is 12.0 Å². The number of ether oxygens (including phenoxy) is 1. The maximum absolute atomic E-state index is 11.8. The monoisotopic (exact) mass is 268 g/mol. The van der Waals surface area contributed by atoms with E-state index in [1.54, 1.807) is 0 Å². The van der Waals surface area contributed by atoms with E-state index in [9.17, 15) is 4.79 Å². The van der Waals surface area contributed by atoms with Gasteiger partial charge in [0.25, 0.3) is 0 Å². The molecule has 2 rings (SSSR count). The molecule has 0 saturated carbocycles. The van der Waals surface area contributed by atoms with E-state index in [2.05, 4.69) is 32.9 Å². The van der Waals surface area contributed by atoms with Crippen molar-refractivity contribution in [1.82, 2.24) is 0 Å². The molecule has 0 N–H and O–H groups in total. The molecule has 0 spiro atoms. The summed E-state index contributed by atoms with van der Waals surface area (Å²) in [6, 6.07) is 12.0. The van der Waals surface area contributed by atoms with Gasteiger partial charge in [-0.25, -0.2) is 4.79 Å². The summed E-state index contributed by atoms with van der Waals surface area (Å²) >= 11 is 0. The predicted molar refractivity (Wildman–Crippen MR) is 81.2 cm³/mol. The molecule has 0 radical (unpaired) electrons. The summed E-state index contributed by atoms with van der Waals surface area (Å²) in [7, 11) is 1.42. The molecule has 0 unspecified atom stereocenters. The van der Waals surface area contributed by atoms with Crippen LogP contribution in [0.2, 0.25) is 0 Å². The Bertz CT molecular complexity index is 619. The molecule has 0 saturated heterocycles. The molecule has 0 amide bonds. The molecule has 2 nitrogen and oxygen atoms in total. The van der Waals surface area contributed by atoms with E-state index >= 15 is 0 Å². The van der Waals surface area contributed by atoms with Crippen molar-refractivity contribution in [3.8, 4) is 0 Å². The minimum Gasteiger partial charge on any atom is -0.465 e. The molecule has 104 valence electrons. The lowest BCUT2D eigenvalue weighted by Gasteiger charge is -2.13. The average molecular weight is 268 g/mol. The van der Waals surface area contributed by atoms with Crippen LogP contribution in [0.5, 0.6) is 0 Å². The maximum atomic E-state index is 11.8. The van der Waals surface area contributed by atoms with Crippen molar-refractivity contribution in [2.75, 3.05) is 7.11 Å². The van der Waals surface area contributed by atoms with Gasteiger partial charge in [0.1, 0.15) is 0 Å². The number of carbonyl (C=O) groups excluding carboxylic acids is 1. The highest BCUT2D eigenvalue weighted by Crippen LogP contribution is 2.22. The number of methoxy groups -OCH3 is 1. The van der Waals surface area contributed by atoms with Crippen LogP contribution in [-0.2, 0) is 11.2 Å². The van der Waals surface area contributed by atoms with Gasteiger partial charge in [-0.05, 0) is 55.5 Å². The van der Waals surface area contributed by atoms with Crippen molar-refractivity contribution in [2.45, 2.75) is 27.2 Å². The van der Waals surface area contributed by atoms with E-state index < -0.39 is 0 Å². The van der Waals surface area contributed by atoms with Gasteiger partial charge in [0, 0.05) is 0 Å². The number of carbonyl (C=O) groups is 1. The molecule has 20 heavy (non-hydrogen) atoms. The normalized spacial score (nSPS) is 10.4. The molecule has 2 aromatic rings. The van der Waals surface area contributed by atoms with Crippen molar-refractivity contribution in [1.29, 1.82) is 0 Å². The lowest BCUT2D eigenvalue weighted by atomic mass is 9.92. The summed E-state index contributed by atoms with van der Waals surface area (Å²) in [6.45, 7) is 6.35. The summed E-state index contributed by atoms with van der Waals surface area (Å²) in [6.07, 6.45) is 0.753. The van der Waals surface area contributed by atoms with E-state index in [1.807, 2.05) is 24.3 Å². The van der Waals surface area contributed by atoms with E-state index in [1.165, 1.54) is 29.4 Å². The van der Waals surface area contributed by atoms with E-state index in [0.29, 0.717) is 5.56 Å². The first-order chi connectivity index (χ1) is 9.52. The van der Waals surface area contributed by atoms with Crippen LogP contribution in [0.25, 0.3) is 0 Å². The summed E-state index contributed by atoms with van der Waals surface area (Å²) in [5.41, 5.74) is 6.74. The quantitative estimate of drug-likeness (QED) is 0.787. The van der Waals surface area contributed by atoms with Gasteiger partial charge in [0.05, 0.1) is 12.7 Å². The van der Waals surface area contributed by atoms with Gasteiger partial charge in [-0.3, -0.25) is 0 Å². The molecular formula is C18H20O2.